The first-order valence-electron chi connectivity index (χ1n) is 11.4. The topological polar surface area (TPSA) is 84.5 Å². The molecule has 0 radical (unpaired) electrons. The molecule has 3 rings (SSSR count). The van der Waals surface area contributed by atoms with E-state index in [1.807, 2.05) is 42.5 Å². The van der Waals surface area contributed by atoms with E-state index in [4.69, 9.17) is 4.74 Å². The van der Waals surface area contributed by atoms with Crippen LogP contribution in [0.2, 0.25) is 0 Å². The third-order valence-electron chi connectivity index (χ3n) is 5.41. The van der Waals surface area contributed by atoms with Crippen LogP contribution in [-0.2, 0) is 14.3 Å². The average Bonchev–Trinajstić information content (AvgIpc) is 2.87. The van der Waals surface area contributed by atoms with Crippen molar-refractivity contribution in [2.24, 2.45) is 0 Å². The number of carbonyl (C=O) groups excluding carboxylic acids is 3. The Bertz CT molecular complexity index is 1020. The van der Waals surface area contributed by atoms with E-state index < -0.39 is 12.0 Å². The molecule has 0 saturated carbocycles. The van der Waals surface area contributed by atoms with Crippen LogP contribution in [0.15, 0.2) is 91.0 Å². The zero-order valence-corrected chi connectivity index (χ0v) is 19.3. The van der Waals surface area contributed by atoms with Crippen LogP contribution in [0.3, 0.4) is 0 Å². The first-order valence-corrected chi connectivity index (χ1v) is 11.4. The molecule has 0 bridgehead atoms. The lowest BCUT2D eigenvalue weighted by Gasteiger charge is -2.18. The van der Waals surface area contributed by atoms with Crippen molar-refractivity contribution in [3.63, 3.8) is 0 Å². The summed E-state index contributed by atoms with van der Waals surface area (Å²) in [5.74, 6) is -0.999. The fourth-order valence-electron chi connectivity index (χ4n) is 3.71. The van der Waals surface area contributed by atoms with E-state index in [2.05, 4.69) is 34.9 Å². The highest BCUT2D eigenvalue weighted by atomic mass is 16.5. The molecular weight excluding hydrogens is 428 g/mol. The minimum Gasteiger partial charge on any atom is -0.456 e. The minimum absolute atomic E-state index is 0.0179. The van der Waals surface area contributed by atoms with Gasteiger partial charge < -0.3 is 15.4 Å². The van der Waals surface area contributed by atoms with Gasteiger partial charge in [-0.3, -0.25) is 14.4 Å². The molecule has 0 aliphatic heterocycles. The third-order valence-corrected chi connectivity index (χ3v) is 5.41. The van der Waals surface area contributed by atoms with Crippen molar-refractivity contribution in [1.82, 2.24) is 10.6 Å². The van der Waals surface area contributed by atoms with Crippen molar-refractivity contribution < 1.29 is 19.1 Å². The van der Waals surface area contributed by atoms with Gasteiger partial charge in [-0.15, -0.1) is 0 Å². The highest BCUT2D eigenvalue weighted by molar-refractivity contribution is 5.94. The molecule has 176 valence electrons. The maximum Gasteiger partial charge on any atom is 0.308 e. The largest absolute Gasteiger partial charge is 0.456 e. The fraction of sp³-hybridized carbons (Fsp3) is 0.250. The molecule has 6 heteroatoms. The van der Waals surface area contributed by atoms with Crippen LogP contribution in [0, 0.1) is 0 Å². The summed E-state index contributed by atoms with van der Waals surface area (Å²) in [5.41, 5.74) is 2.88. The number of benzene rings is 3. The molecular formula is C28H30N2O4. The van der Waals surface area contributed by atoms with E-state index >= 15 is 0 Å². The molecule has 0 fully saturated rings. The van der Waals surface area contributed by atoms with Crippen LogP contribution in [-0.4, -0.2) is 37.0 Å². The maximum atomic E-state index is 12.2. The number of rotatable bonds is 11. The molecule has 3 aromatic carbocycles. The quantitative estimate of drug-likeness (QED) is 0.424. The van der Waals surface area contributed by atoms with Gasteiger partial charge in [0.15, 0.2) is 6.61 Å². The number of amides is 2. The molecule has 2 amide bonds. The number of carbonyl (C=O) groups is 3. The highest BCUT2D eigenvalue weighted by Gasteiger charge is 2.16. The zero-order valence-electron chi connectivity index (χ0n) is 19.3. The van der Waals surface area contributed by atoms with Crippen LogP contribution in [0.25, 0.3) is 0 Å². The van der Waals surface area contributed by atoms with Crippen molar-refractivity contribution in [3.8, 4) is 0 Å². The number of hydrogen-bond donors (Lipinski definition) is 2. The lowest BCUT2D eigenvalue weighted by molar-refractivity contribution is -0.148. The van der Waals surface area contributed by atoms with Gasteiger partial charge in [-0.1, -0.05) is 78.9 Å². The molecule has 3 aromatic rings. The van der Waals surface area contributed by atoms with E-state index in [1.54, 1.807) is 31.2 Å². The molecule has 0 aliphatic rings. The molecule has 2 N–H and O–H groups in total. The van der Waals surface area contributed by atoms with Crippen LogP contribution in [0.1, 0.15) is 47.2 Å². The molecule has 0 aromatic heterocycles. The molecule has 0 heterocycles. The molecule has 0 spiro atoms. The average molecular weight is 459 g/mol. The number of ether oxygens (including phenoxy) is 1. The Morgan fingerprint density at radius 2 is 1.32 bits per heavy atom. The standard InChI is InChI=1S/C28H30N2O4/c1-21(30-28(33)24-15-9-4-10-16-24)19-27(32)34-20-26(31)29-18-17-25(22-11-5-2-6-12-22)23-13-7-3-8-14-23/h2-16,21,25H,17-20H2,1H3,(H,29,31)(H,30,33). The number of nitrogens with one attached hydrogen (secondary N) is 2. The van der Waals surface area contributed by atoms with E-state index in [0.717, 1.165) is 6.42 Å². The lowest BCUT2D eigenvalue weighted by Crippen LogP contribution is -2.35. The molecule has 6 nitrogen and oxygen atoms in total. The van der Waals surface area contributed by atoms with Crippen molar-refractivity contribution in [2.45, 2.75) is 31.7 Å². The van der Waals surface area contributed by atoms with Crippen molar-refractivity contribution in [3.05, 3.63) is 108 Å². The van der Waals surface area contributed by atoms with Gasteiger partial charge in [-0.05, 0) is 36.6 Å². The number of esters is 1. The maximum absolute atomic E-state index is 12.2. The van der Waals surface area contributed by atoms with Gasteiger partial charge in [0.05, 0.1) is 6.42 Å². The minimum atomic E-state index is -0.539. The summed E-state index contributed by atoms with van der Waals surface area (Å²) < 4.78 is 5.09. The second kappa shape index (κ2) is 12.9. The van der Waals surface area contributed by atoms with Crippen LogP contribution < -0.4 is 10.6 Å². The SMILES string of the molecule is CC(CC(=O)OCC(=O)NCCC(c1ccccc1)c1ccccc1)NC(=O)c1ccccc1. The van der Waals surface area contributed by atoms with Gasteiger partial charge in [-0.2, -0.15) is 0 Å². The first kappa shape index (κ1) is 24.7. The summed E-state index contributed by atoms with van der Waals surface area (Å²) >= 11 is 0. The molecule has 1 unspecified atom stereocenters. The lowest BCUT2D eigenvalue weighted by atomic mass is 9.88. The van der Waals surface area contributed by atoms with Gasteiger partial charge in [0.1, 0.15) is 0 Å². The normalized spacial score (nSPS) is 11.5. The summed E-state index contributed by atoms with van der Waals surface area (Å²) in [7, 11) is 0. The van der Waals surface area contributed by atoms with Crippen molar-refractivity contribution in [2.75, 3.05) is 13.2 Å². The smallest absolute Gasteiger partial charge is 0.308 e. The van der Waals surface area contributed by atoms with Gasteiger partial charge in [-0.25, -0.2) is 0 Å². The Morgan fingerprint density at radius 1 is 0.794 bits per heavy atom. The zero-order chi connectivity index (χ0) is 24.2. The molecule has 0 aliphatic carbocycles. The molecule has 0 saturated heterocycles. The predicted octanol–water partition coefficient (Wildman–Crippen LogP) is 4.08. The highest BCUT2D eigenvalue weighted by Crippen LogP contribution is 2.27. The Kier molecular flexibility index (Phi) is 9.40. The van der Waals surface area contributed by atoms with Crippen LogP contribution in [0.4, 0.5) is 0 Å². The van der Waals surface area contributed by atoms with Gasteiger partial charge in [0, 0.05) is 24.1 Å². The Hall–Kier alpha value is -3.93. The Labute approximate surface area is 200 Å². The molecule has 34 heavy (non-hydrogen) atoms. The fourth-order valence-corrected chi connectivity index (χ4v) is 3.71. The summed E-state index contributed by atoms with van der Waals surface area (Å²) in [5, 5.41) is 5.58. The third kappa shape index (κ3) is 7.89. The summed E-state index contributed by atoms with van der Waals surface area (Å²) in [6.07, 6.45) is 0.701. The van der Waals surface area contributed by atoms with Crippen molar-refractivity contribution in [1.29, 1.82) is 0 Å². The van der Waals surface area contributed by atoms with Crippen LogP contribution in [0.5, 0.6) is 0 Å². The van der Waals surface area contributed by atoms with Crippen LogP contribution >= 0.6 is 0 Å². The van der Waals surface area contributed by atoms with E-state index in [9.17, 15) is 14.4 Å². The van der Waals surface area contributed by atoms with Gasteiger partial charge in [0.25, 0.3) is 11.8 Å². The summed E-state index contributed by atoms with van der Waals surface area (Å²) in [6, 6.07) is 28.7. The number of hydrogen-bond acceptors (Lipinski definition) is 4. The van der Waals surface area contributed by atoms with E-state index in [0.29, 0.717) is 12.1 Å². The van der Waals surface area contributed by atoms with E-state index in [1.165, 1.54) is 11.1 Å². The summed E-state index contributed by atoms with van der Waals surface area (Å²) in [6.45, 7) is 1.82. The second-order valence-corrected chi connectivity index (χ2v) is 8.12. The molecule has 1 atom stereocenters. The monoisotopic (exact) mass is 458 g/mol. The van der Waals surface area contributed by atoms with Gasteiger partial charge >= 0.3 is 5.97 Å². The Balaban J connectivity index is 1.40. The predicted molar refractivity (Wildman–Crippen MR) is 131 cm³/mol. The Morgan fingerprint density at radius 3 is 1.88 bits per heavy atom. The second-order valence-electron chi connectivity index (χ2n) is 8.12. The van der Waals surface area contributed by atoms with Gasteiger partial charge in [0.2, 0.25) is 0 Å². The van der Waals surface area contributed by atoms with Crippen molar-refractivity contribution >= 4 is 17.8 Å². The van der Waals surface area contributed by atoms with E-state index in [-0.39, 0.29) is 30.8 Å². The first-order chi connectivity index (χ1) is 16.5. The summed E-state index contributed by atoms with van der Waals surface area (Å²) in [4.78, 5) is 36.4.